The summed E-state index contributed by atoms with van der Waals surface area (Å²) in [5.74, 6) is 0.855. The molecule has 0 N–H and O–H groups in total. The summed E-state index contributed by atoms with van der Waals surface area (Å²) < 4.78 is 17.1. The van der Waals surface area contributed by atoms with Crippen molar-refractivity contribution in [3.05, 3.63) is 28.2 Å². The van der Waals surface area contributed by atoms with Gasteiger partial charge in [-0.2, -0.15) is 0 Å². The van der Waals surface area contributed by atoms with E-state index in [0.29, 0.717) is 24.7 Å². The quantitative estimate of drug-likeness (QED) is 0.726. The Balaban J connectivity index is 1.90. The zero-order valence-electron chi connectivity index (χ0n) is 12.4. The van der Waals surface area contributed by atoms with Gasteiger partial charge in [0.1, 0.15) is 12.4 Å². The minimum Gasteiger partial charge on any atom is -0.492 e. The summed E-state index contributed by atoms with van der Waals surface area (Å²) in [7, 11) is 0. The summed E-state index contributed by atoms with van der Waals surface area (Å²) in [5.41, 5.74) is 0.511. The lowest BCUT2D eigenvalue weighted by molar-refractivity contribution is 0.0161. The Morgan fingerprint density at radius 2 is 2.29 bits per heavy atom. The first-order valence-electron chi connectivity index (χ1n) is 7.27. The van der Waals surface area contributed by atoms with E-state index in [2.05, 4.69) is 29.8 Å². The van der Waals surface area contributed by atoms with Gasteiger partial charge < -0.3 is 14.2 Å². The van der Waals surface area contributed by atoms with Crippen LogP contribution in [0.25, 0.3) is 0 Å². The highest BCUT2D eigenvalue weighted by molar-refractivity contribution is 9.10. The van der Waals surface area contributed by atoms with E-state index in [1.807, 2.05) is 0 Å². The molecule has 116 valence electrons. The molecular weight excluding hydrogens is 336 g/mol. The normalized spacial score (nSPS) is 18.0. The molecule has 1 aromatic rings. The smallest absolute Gasteiger partial charge is 0.338 e. The summed E-state index contributed by atoms with van der Waals surface area (Å²) in [4.78, 5) is 12.0. The van der Waals surface area contributed by atoms with Gasteiger partial charge in [0.25, 0.3) is 0 Å². The van der Waals surface area contributed by atoms with E-state index in [1.54, 1.807) is 18.2 Å². The molecular formula is C16H21BrO4. The van der Waals surface area contributed by atoms with Crippen molar-refractivity contribution >= 4 is 21.9 Å². The second-order valence-corrected chi connectivity index (χ2v) is 6.44. The van der Waals surface area contributed by atoms with Crippen LogP contribution in [-0.4, -0.2) is 31.9 Å². The number of carbonyl (C=O) groups excluding carboxylic acids is 1. The fraction of sp³-hybridized carbons (Fsp3) is 0.562. The number of carbonyl (C=O) groups is 1. The van der Waals surface area contributed by atoms with Crippen molar-refractivity contribution in [1.29, 1.82) is 0 Å². The molecule has 0 aliphatic carbocycles. The Bertz CT molecular complexity index is 481. The number of ether oxygens (including phenoxy) is 3. The van der Waals surface area contributed by atoms with Crippen molar-refractivity contribution in [3.63, 3.8) is 0 Å². The predicted molar refractivity (Wildman–Crippen MR) is 83.7 cm³/mol. The SMILES string of the molecule is CC(C)COc1ccc(C(=O)OCC2CCCO2)cc1Br. The number of esters is 1. The molecule has 1 aromatic carbocycles. The van der Waals surface area contributed by atoms with Crippen LogP contribution in [0.3, 0.4) is 0 Å². The summed E-state index contributed by atoms with van der Waals surface area (Å²) in [5, 5.41) is 0. The van der Waals surface area contributed by atoms with E-state index in [4.69, 9.17) is 14.2 Å². The van der Waals surface area contributed by atoms with Crippen LogP contribution in [0.5, 0.6) is 5.75 Å². The molecule has 1 aliphatic heterocycles. The molecule has 0 saturated carbocycles. The highest BCUT2D eigenvalue weighted by Crippen LogP contribution is 2.27. The number of halogens is 1. The molecule has 21 heavy (non-hydrogen) atoms. The van der Waals surface area contributed by atoms with Crippen LogP contribution in [0.15, 0.2) is 22.7 Å². The number of hydrogen-bond donors (Lipinski definition) is 0. The third kappa shape index (κ3) is 5.00. The van der Waals surface area contributed by atoms with E-state index < -0.39 is 0 Å². The van der Waals surface area contributed by atoms with Crippen LogP contribution in [0, 0.1) is 5.92 Å². The zero-order valence-corrected chi connectivity index (χ0v) is 14.0. The van der Waals surface area contributed by atoms with Gasteiger partial charge in [0.05, 0.1) is 22.7 Å². The summed E-state index contributed by atoms with van der Waals surface area (Å²) in [6.07, 6.45) is 2.04. The van der Waals surface area contributed by atoms with Crippen LogP contribution in [0.4, 0.5) is 0 Å². The molecule has 1 fully saturated rings. The van der Waals surface area contributed by atoms with Crippen LogP contribution in [-0.2, 0) is 9.47 Å². The van der Waals surface area contributed by atoms with E-state index >= 15 is 0 Å². The Kier molecular flexibility index (Phi) is 6.06. The molecule has 0 radical (unpaired) electrons. The molecule has 0 aromatic heterocycles. The standard InChI is InChI=1S/C16H21BrO4/c1-11(2)9-20-15-6-5-12(8-14(15)17)16(18)21-10-13-4-3-7-19-13/h5-6,8,11,13H,3-4,7,9-10H2,1-2H3. The van der Waals surface area contributed by atoms with E-state index in [9.17, 15) is 4.79 Å². The molecule has 1 unspecified atom stereocenters. The highest BCUT2D eigenvalue weighted by Gasteiger charge is 2.18. The number of hydrogen-bond acceptors (Lipinski definition) is 4. The van der Waals surface area contributed by atoms with Gasteiger partial charge in [0, 0.05) is 6.61 Å². The van der Waals surface area contributed by atoms with Crippen molar-refractivity contribution in [2.24, 2.45) is 5.92 Å². The Hall–Kier alpha value is -1.07. The van der Waals surface area contributed by atoms with Gasteiger partial charge in [-0.15, -0.1) is 0 Å². The van der Waals surface area contributed by atoms with Gasteiger partial charge >= 0.3 is 5.97 Å². The average Bonchev–Trinajstić information content (AvgIpc) is 2.96. The van der Waals surface area contributed by atoms with Gasteiger partial charge in [-0.25, -0.2) is 4.79 Å². The maximum absolute atomic E-state index is 12.0. The van der Waals surface area contributed by atoms with Gasteiger partial charge in [0.15, 0.2) is 0 Å². The zero-order chi connectivity index (χ0) is 15.2. The van der Waals surface area contributed by atoms with Gasteiger partial charge in [-0.3, -0.25) is 0 Å². The predicted octanol–water partition coefficient (Wildman–Crippen LogP) is 3.82. The molecule has 1 heterocycles. The molecule has 0 bridgehead atoms. The minimum absolute atomic E-state index is 0.0473. The molecule has 0 amide bonds. The van der Waals surface area contributed by atoms with Crippen molar-refractivity contribution in [2.45, 2.75) is 32.8 Å². The van der Waals surface area contributed by atoms with Crippen molar-refractivity contribution < 1.29 is 19.0 Å². The highest BCUT2D eigenvalue weighted by atomic mass is 79.9. The fourth-order valence-corrected chi connectivity index (χ4v) is 2.52. The Labute approximate surface area is 133 Å². The topological polar surface area (TPSA) is 44.8 Å². The maximum atomic E-state index is 12.0. The van der Waals surface area contributed by atoms with Crippen LogP contribution in [0.1, 0.15) is 37.0 Å². The molecule has 1 aliphatic rings. The fourth-order valence-electron chi connectivity index (χ4n) is 2.03. The van der Waals surface area contributed by atoms with Crippen LogP contribution < -0.4 is 4.74 Å². The lowest BCUT2D eigenvalue weighted by Crippen LogP contribution is -2.17. The second-order valence-electron chi connectivity index (χ2n) is 5.58. The van der Waals surface area contributed by atoms with Crippen LogP contribution in [0.2, 0.25) is 0 Å². The molecule has 0 spiro atoms. The molecule has 1 saturated heterocycles. The average molecular weight is 357 g/mol. The van der Waals surface area contributed by atoms with E-state index in [1.165, 1.54) is 0 Å². The van der Waals surface area contributed by atoms with Crippen molar-refractivity contribution in [1.82, 2.24) is 0 Å². The molecule has 4 nitrogen and oxygen atoms in total. The van der Waals surface area contributed by atoms with Crippen LogP contribution >= 0.6 is 15.9 Å². The number of rotatable bonds is 6. The monoisotopic (exact) mass is 356 g/mol. The third-order valence-electron chi connectivity index (χ3n) is 3.16. The molecule has 2 rings (SSSR count). The first kappa shape index (κ1) is 16.3. The summed E-state index contributed by atoms with van der Waals surface area (Å²) in [6, 6.07) is 5.24. The Morgan fingerprint density at radius 1 is 1.48 bits per heavy atom. The maximum Gasteiger partial charge on any atom is 0.338 e. The lowest BCUT2D eigenvalue weighted by Gasteiger charge is -2.12. The van der Waals surface area contributed by atoms with Gasteiger partial charge in [-0.05, 0) is 52.9 Å². The molecule has 1 atom stereocenters. The second kappa shape index (κ2) is 7.80. The first-order chi connectivity index (χ1) is 10.1. The largest absolute Gasteiger partial charge is 0.492 e. The van der Waals surface area contributed by atoms with E-state index in [0.717, 1.165) is 29.7 Å². The van der Waals surface area contributed by atoms with Gasteiger partial charge in [-0.1, -0.05) is 13.8 Å². The molecule has 5 heteroatoms. The minimum atomic E-state index is -0.332. The van der Waals surface area contributed by atoms with Crippen molar-refractivity contribution in [2.75, 3.05) is 19.8 Å². The van der Waals surface area contributed by atoms with E-state index in [-0.39, 0.29) is 12.1 Å². The number of benzene rings is 1. The lowest BCUT2D eigenvalue weighted by atomic mass is 10.2. The first-order valence-corrected chi connectivity index (χ1v) is 8.06. The van der Waals surface area contributed by atoms with Gasteiger partial charge in [0.2, 0.25) is 0 Å². The Morgan fingerprint density at radius 3 is 2.90 bits per heavy atom. The summed E-state index contributed by atoms with van der Waals surface area (Å²) in [6.45, 7) is 5.90. The summed E-state index contributed by atoms with van der Waals surface area (Å²) >= 11 is 3.43. The van der Waals surface area contributed by atoms with Crippen molar-refractivity contribution in [3.8, 4) is 5.75 Å². The third-order valence-corrected chi connectivity index (χ3v) is 3.78.